The number of nitrogens with zero attached hydrogens (tertiary/aromatic N) is 2. The second-order valence-corrected chi connectivity index (χ2v) is 8.38. The molecule has 1 saturated carbocycles. The molecule has 158 valence electrons. The number of carbonyl (C=O) groups excluding carboxylic acids is 3. The quantitative estimate of drug-likeness (QED) is 0.547. The van der Waals surface area contributed by atoms with E-state index < -0.39 is 0 Å². The van der Waals surface area contributed by atoms with E-state index in [1.165, 1.54) is 13.5 Å². The molecule has 0 bridgehead atoms. The van der Waals surface area contributed by atoms with Crippen LogP contribution < -0.4 is 16.0 Å². The number of fused-ring (bicyclic) bond motifs is 1. The van der Waals surface area contributed by atoms with Gasteiger partial charge in [0.25, 0.3) is 0 Å². The van der Waals surface area contributed by atoms with Crippen molar-refractivity contribution in [2.75, 3.05) is 33.4 Å². The summed E-state index contributed by atoms with van der Waals surface area (Å²) >= 11 is 0. The summed E-state index contributed by atoms with van der Waals surface area (Å²) in [4.78, 5) is 41.2. The van der Waals surface area contributed by atoms with Crippen molar-refractivity contribution in [2.45, 2.75) is 69.7 Å². The van der Waals surface area contributed by atoms with E-state index in [0.717, 1.165) is 25.8 Å². The SMILES string of the molecule is COCC(=O)NC[C@H]1C(=O)N2C[C@@H](NC(=O)NC(C)C)C[C@H]2CN1C1CCC1. The molecule has 2 aliphatic heterocycles. The molecule has 2 heterocycles. The number of carbonyl (C=O) groups is 3. The Hall–Kier alpha value is -1.87. The zero-order chi connectivity index (χ0) is 20.3. The zero-order valence-corrected chi connectivity index (χ0v) is 17.1. The monoisotopic (exact) mass is 395 g/mol. The Morgan fingerprint density at radius 2 is 1.96 bits per heavy atom. The lowest BCUT2D eigenvalue weighted by atomic mass is 9.88. The first kappa shape index (κ1) is 20.9. The van der Waals surface area contributed by atoms with Crippen LogP contribution in [0.25, 0.3) is 0 Å². The number of hydrogen-bond donors (Lipinski definition) is 3. The van der Waals surface area contributed by atoms with Crippen LogP contribution in [0.5, 0.6) is 0 Å². The molecule has 3 atom stereocenters. The predicted molar refractivity (Wildman–Crippen MR) is 104 cm³/mol. The van der Waals surface area contributed by atoms with Gasteiger partial charge in [-0.25, -0.2) is 4.79 Å². The highest BCUT2D eigenvalue weighted by Crippen LogP contribution is 2.33. The highest BCUT2D eigenvalue weighted by molar-refractivity contribution is 5.85. The summed E-state index contributed by atoms with van der Waals surface area (Å²) in [6.45, 7) is 5.45. The number of methoxy groups -OCH3 is 1. The van der Waals surface area contributed by atoms with E-state index >= 15 is 0 Å². The fourth-order valence-corrected chi connectivity index (χ4v) is 4.38. The molecule has 9 nitrogen and oxygen atoms in total. The molecule has 1 aliphatic carbocycles. The van der Waals surface area contributed by atoms with Crippen LogP contribution in [0.1, 0.15) is 39.5 Å². The van der Waals surface area contributed by atoms with Gasteiger partial charge in [0, 0.05) is 44.9 Å². The lowest BCUT2D eigenvalue weighted by Crippen LogP contribution is -2.65. The highest BCUT2D eigenvalue weighted by atomic mass is 16.5. The standard InChI is InChI=1S/C19H33N5O4/c1-12(2)21-19(27)22-13-7-15-10-23(14-5-4-6-14)16(18(26)24(15)9-13)8-20-17(25)11-28-3/h12-16H,4-11H2,1-3H3,(H,20,25)(H2,21,22,27)/t13-,15-,16-/m0/s1. The van der Waals surface area contributed by atoms with Crippen LogP contribution in [-0.4, -0.2) is 91.2 Å². The Balaban J connectivity index is 1.63. The summed E-state index contributed by atoms with van der Waals surface area (Å²) in [6.07, 6.45) is 4.15. The van der Waals surface area contributed by atoms with E-state index in [1.807, 2.05) is 18.7 Å². The third-order valence-corrected chi connectivity index (χ3v) is 5.87. The topological polar surface area (TPSA) is 103 Å². The van der Waals surface area contributed by atoms with Gasteiger partial charge in [0.15, 0.2) is 0 Å². The number of rotatable bonds is 7. The number of nitrogens with one attached hydrogen (secondary N) is 3. The highest BCUT2D eigenvalue weighted by Gasteiger charge is 2.48. The van der Waals surface area contributed by atoms with Crippen LogP contribution >= 0.6 is 0 Å². The molecular weight excluding hydrogens is 362 g/mol. The van der Waals surface area contributed by atoms with Crippen LogP contribution in [-0.2, 0) is 14.3 Å². The normalized spacial score (nSPS) is 28.1. The van der Waals surface area contributed by atoms with Gasteiger partial charge in [-0.1, -0.05) is 6.42 Å². The first-order valence-electron chi connectivity index (χ1n) is 10.3. The summed E-state index contributed by atoms with van der Waals surface area (Å²) in [5.74, 6) is -0.160. The van der Waals surface area contributed by atoms with Crippen molar-refractivity contribution in [3.8, 4) is 0 Å². The molecule has 3 aliphatic rings. The van der Waals surface area contributed by atoms with Gasteiger partial charge >= 0.3 is 6.03 Å². The van der Waals surface area contributed by atoms with E-state index in [4.69, 9.17) is 4.74 Å². The molecule has 0 aromatic carbocycles. The number of ether oxygens (including phenoxy) is 1. The first-order valence-corrected chi connectivity index (χ1v) is 10.3. The average molecular weight is 396 g/mol. The van der Waals surface area contributed by atoms with Gasteiger partial charge in [-0.3, -0.25) is 14.5 Å². The van der Waals surface area contributed by atoms with Crippen molar-refractivity contribution in [3.63, 3.8) is 0 Å². The molecule has 28 heavy (non-hydrogen) atoms. The van der Waals surface area contributed by atoms with Crippen molar-refractivity contribution in [2.24, 2.45) is 0 Å². The van der Waals surface area contributed by atoms with Crippen LogP contribution in [0.4, 0.5) is 4.79 Å². The first-order chi connectivity index (χ1) is 13.4. The van der Waals surface area contributed by atoms with Gasteiger partial charge in [-0.2, -0.15) is 0 Å². The van der Waals surface area contributed by atoms with Crippen LogP contribution in [0.15, 0.2) is 0 Å². The zero-order valence-electron chi connectivity index (χ0n) is 17.1. The summed E-state index contributed by atoms with van der Waals surface area (Å²) in [6, 6.07) is 0.0183. The summed E-state index contributed by atoms with van der Waals surface area (Å²) < 4.78 is 4.86. The molecule has 3 rings (SSSR count). The number of piperazine rings is 1. The van der Waals surface area contributed by atoms with Crippen LogP contribution in [0.2, 0.25) is 0 Å². The predicted octanol–water partition coefficient (Wildman–Crippen LogP) is -0.337. The van der Waals surface area contributed by atoms with Gasteiger partial charge in [0.05, 0.1) is 6.04 Å². The minimum atomic E-state index is -0.342. The van der Waals surface area contributed by atoms with Crippen LogP contribution in [0.3, 0.4) is 0 Å². The van der Waals surface area contributed by atoms with Crippen molar-refractivity contribution >= 4 is 17.8 Å². The smallest absolute Gasteiger partial charge is 0.315 e. The molecule has 2 saturated heterocycles. The fourth-order valence-electron chi connectivity index (χ4n) is 4.38. The minimum absolute atomic E-state index is 0.00631. The molecule has 0 aromatic rings. The molecule has 0 aromatic heterocycles. The van der Waals surface area contributed by atoms with E-state index in [0.29, 0.717) is 19.1 Å². The number of urea groups is 1. The lowest BCUT2D eigenvalue weighted by molar-refractivity contribution is -0.147. The maximum absolute atomic E-state index is 13.2. The average Bonchev–Trinajstić information content (AvgIpc) is 2.95. The van der Waals surface area contributed by atoms with Crippen molar-refractivity contribution in [1.29, 1.82) is 0 Å². The Bertz CT molecular complexity index is 595. The van der Waals surface area contributed by atoms with Gasteiger partial charge in [0.2, 0.25) is 11.8 Å². The lowest BCUT2D eigenvalue weighted by Gasteiger charge is -2.48. The van der Waals surface area contributed by atoms with Crippen molar-refractivity contribution in [1.82, 2.24) is 25.8 Å². The van der Waals surface area contributed by atoms with E-state index in [1.54, 1.807) is 0 Å². The second kappa shape index (κ2) is 9.09. The maximum atomic E-state index is 13.2. The van der Waals surface area contributed by atoms with E-state index in [-0.39, 0.29) is 48.6 Å². The molecule has 0 spiro atoms. The molecule has 3 N–H and O–H groups in total. The Morgan fingerprint density at radius 3 is 2.57 bits per heavy atom. The number of amides is 4. The Kier molecular flexibility index (Phi) is 6.77. The largest absolute Gasteiger partial charge is 0.375 e. The van der Waals surface area contributed by atoms with Crippen molar-refractivity contribution < 1.29 is 19.1 Å². The molecule has 4 amide bonds. The van der Waals surface area contributed by atoms with E-state index in [2.05, 4.69) is 20.9 Å². The number of hydrogen-bond acceptors (Lipinski definition) is 5. The molecule has 9 heteroatoms. The van der Waals surface area contributed by atoms with Crippen molar-refractivity contribution in [3.05, 3.63) is 0 Å². The Morgan fingerprint density at radius 1 is 1.21 bits per heavy atom. The maximum Gasteiger partial charge on any atom is 0.315 e. The van der Waals surface area contributed by atoms with Gasteiger partial charge in [0.1, 0.15) is 12.6 Å². The third kappa shape index (κ3) is 4.75. The molecule has 0 radical (unpaired) electrons. The third-order valence-electron chi connectivity index (χ3n) is 5.87. The van der Waals surface area contributed by atoms with Crippen LogP contribution in [0, 0.1) is 0 Å². The van der Waals surface area contributed by atoms with Gasteiger partial charge in [-0.05, 0) is 33.1 Å². The summed E-state index contributed by atoms with van der Waals surface area (Å²) in [5, 5.41) is 8.66. The second-order valence-electron chi connectivity index (χ2n) is 8.38. The van der Waals surface area contributed by atoms with Gasteiger partial charge < -0.3 is 25.6 Å². The Labute approximate surface area is 166 Å². The summed E-state index contributed by atoms with van der Waals surface area (Å²) in [5.41, 5.74) is 0. The van der Waals surface area contributed by atoms with E-state index in [9.17, 15) is 14.4 Å². The minimum Gasteiger partial charge on any atom is -0.375 e. The van der Waals surface area contributed by atoms with Gasteiger partial charge in [-0.15, -0.1) is 0 Å². The summed E-state index contributed by atoms with van der Waals surface area (Å²) in [7, 11) is 1.48. The fraction of sp³-hybridized carbons (Fsp3) is 0.842. The molecular formula is C19H33N5O4. The molecule has 0 unspecified atom stereocenters. The molecule has 3 fully saturated rings.